The number of aryl methyl sites for hydroxylation is 2. The number of aliphatic hydroxyl groups excluding tert-OH is 2. The van der Waals surface area contributed by atoms with Crippen molar-refractivity contribution in [3.8, 4) is 0 Å². The summed E-state index contributed by atoms with van der Waals surface area (Å²) in [5.41, 5.74) is 2.17. The summed E-state index contributed by atoms with van der Waals surface area (Å²) in [5.74, 6) is 0. The van der Waals surface area contributed by atoms with E-state index in [2.05, 4.69) is 15.4 Å². The standard InChI is InChI=1S/C14H22N4O2/c1-4-14(8-19,9-20)16-7-11-5-12-10(2)17-18(3)13(12)15-6-11/h5-6,16,19-20H,4,7-9H2,1-3H3. The summed E-state index contributed by atoms with van der Waals surface area (Å²) in [6.07, 6.45) is 2.45. The number of rotatable bonds is 6. The monoisotopic (exact) mass is 278 g/mol. The van der Waals surface area contributed by atoms with Crippen molar-refractivity contribution in [2.24, 2.45) is 7.05 Å². The van der Waals surface area contributed by atoms with Crippen molar-refractivity contribution in [1.29, 1.82) is 0 Å². The molecule has 2 heterocycles. The molecule has 110 valence electrons. The lowest BCUT2D eigenvalue weighted by molar-refractivity contribution is 0.0864. The van der Waals surface area contributed by atoms with Gasteiger partial charge in [-0.2, -0.15) is 5.10 Å². The molecule has 0 aliphatic carbocycles. The second-order valence-corrected chi connectivity index (χ2v) is 5.23. The van der Waals surface area contributed by atoms with E-state index in [4.69, 9.17) is 0 Å². The van der Waals surface area contributed by atoms with Gasteiger partial charge in [-0.25, -0.2) is 4.98 Å². The third kappa shape index (κ3) is 2.67. The van der Waals surface area contributed by atoms with Crippen LogP contribution >= 0.6 is 0 Å². The maximum Gasteiger partial charge on any atom is 0.157 e. The van der Waals surface area contributed by atoms with Gasteiger partial charge < -0.3 is 15.5 Å². The third-order valence-electron chi connectivity index (χ3n) is 3.87. The van der Waals surface area contributed by atoms with E-state index in [1.165, 1.54) is 0 Å². The van der Waals surface area contributed by atoms with Crippen molar-refractivity contribution < 1.29 is 10.2 Å². The van der Waals surface area contributed by atoms with Crippen LogP contribution in [0.15, 0.2) is 12.3 Å². The number of nitrogens with zero attached hydrogens (tertiary/aromatic N) is 3. The Morgan fingerprint density at radius 1 is 1.35 bits per heavy atom. The van der Waals surface area contributed by atoms with Gasteiger partial charge in [0.05, 0.1) is 24.4 Å². The van der Waals surface area contributed by atoms with Crippen LogP contribution in [0.4, 0.5) is 0 Å². The van der Waals surface area contributed by atoms with Crippen LogP contribution in [0.3, 0.4) is 0 Å². The van der Waals surface area contributed by atoms with E-state index in [9.17, 15) is 10.2 Å². The highest BCUT2D eigenvalue weighted by atomic mass is 16.3. The van der Waals surface area contributed by atoms with E-state index in [-0.39, 0.29) is 13.2 Å². The maximum atomic E-state index is 9.42. The van der Waals surface area contributed by atoms with Crippen LogP contribution in [0.1, 0.15) is 24.6 Å². The van der Waals surface area contributed by atoms with Gasteiger partial charge in [0, 0.05) is 25.2 Å². The van der Waals surface area contributed by atoms with Crippen LogP contribution in [0.5, 0.6) is 0 Å². The zero-order chi connectivity index (χ0) is 14.8. The average molecular weight is 278 g/mol. The normalized spacial score (nSPS) is 12.2. The first kappa shape index (κ1) is 14.9. The van der Waals surface area contributed by atoms with E-state index >= 15 is 0 Å². The number of hydrogen-bond donors (Lipinski definition) is 3. The van der Waals surface area contributed by atoms with Gasteiger partial charge in [0.1, 0.15) is 0 Å². The van der Waals surface area contributed by atoms with Crippen LogP contribution in [0.25, 0.3) is 11.0 Å². The molecule has 0 aromatic carbocycles. The predicted molar refractivity (Wildman–Crippen MR) is 77.3 cm³/mol. The summed E-state index contributed by atoms with van der Waals surface area (Å²) < 4.78 is 1.76. The Hall–Kier alpha value is -1.50. The molecule has 0 amide bonds. The zero-order valence-corrected chi connectivity index (χ0v) is 12.2. The molecule has 0 unspecified atom stereocenters. The fourth-order valence-electron chi connectivity index (χ4n) is 2.25. The quantitative estimate of drug-likeness (QED) is 0.716. The van der Waals surface area contributed by atoms with Gasteiger partial charge in [-0.15, -0.1) is 0 Å². The summed E-state index contributed by atoms with van der Waals surface area (Å²) in [4.78, 5) is 4.42. The summed E-state index contributed by atoms with van der Waals surface area (Å²) in [6, 6.07) is 2.05. The Morgan fingerprint density at radius 3 is 2.65 bits per heavy atom. The van der Waals surface area contributed by atoms with E-state index < -0.39 is 5.54 Å². The number of fused-ring (bicyclic) bond motifs is 1. The molecule has 0 saturated carbocycles. The number of nitrogens with one attached hydrogen (secondary N) is 1. The summed E-state index contributed by atoms with van der Waals surface area (Å²) in [5, 5.41) is 27.4. The predicted octanol–water partition coefficient (Wildman–Crippen LogP) is 0.500. The Balaban J connectivity index is 2.20. The lowest BCUT2D eigenvalue weighted by Crippen LogP contribution is -2.50. The van der Waals surface area contributed by atoms with Crippen molar-refractivity contribution in [2.75, 3.05) is 13.2 Å². The number of hydrogen-bond acceptors (Lipinski definition) is 5. The molecular weight excluding hydrogens is 256 g/mol. The van der Waals surface area contributed by atoms with E-state index in [0.29, 0.717) is 13.0 Å². The van der Waals surface area contributed by atoms with Crippen LogP contribution < -0.4 is 5.32 Å². The third-order valence-corrected chi connectivity index (χ3v) is 3.87. The van der Waals surface area contributed by atoms with Crippen LogP contribution in [0.2, 0.25) is 0 Å². The van der Waals surface area contributed by atoms with Gasteiger partial charge in [0.25, 0.3) is 0 Å². The first-order valence-corrected chi connectivity index (χ1v) is 6.80. The summed E-state index contributed by atoms with van der Waals surface area (Å²) in [6.45, 7) is 4.25. The molecule has 2 aromatic rings. The number of pyridine rings is 1. The summed E-state index contributed by atoms with van der Waals surface area (Å²) in [7, 11) is 1.87. The zero-order valence-electron chi connectivity index (χ0n) is 12.2. The van der Waals surface area contributed by atoms with E-state index in [1.807, 2.05) is 27.0 Å². The van der Waals surface area contributed by atoms with Crippen molar-refractivity contribution in [2.45, 2.75) is 32.4 Å². The molecule has 0 fully saturated rings. The highest BCUT2D eigenvalue weighted by molar-refractivity contribution is 5.78. The van der Waals surface area contributed by atoms with Crippen molar-refractivity contribution in [3.63, 3.8) is 0 Å². The highest BCUT2D eigenvalue weighted by Crippen LogP contribution is 2.17. The van der Waals surface area contributed by atoms with Gasteiger partial charge in [0.2, 0.25) is 0 Å². The Morgan fingerprint density at radius 2 is 2.05 bits per heavy atom. The molecule has 0 spiro atoms. The SMILES string of the molecule is CCC(CO)(CO)NCc1cnc2c(c1)c(C)nn2C. The Labute approximate surface area is 118 Å². The van der Waals surface area contributed by atoms with Crippen LogP contribution in [-0.4, -0.2) is 43.7 Å². The van der Waals surface area contributed by atoms with Gasteiger partial charge >= 0.3 is 0 Å². The molecule has 6 heteroatoms. The molecular formula is C14H22N4O2. The summed E-state index contributed by atoms with van der Waals surface area (Å²) >= 11 is 0. The largest absolute Gasteiger partial charge is 0.394 e. The topological polar surface area (TPSA) is 83.2 Å². The molecule has 2 aromatic heterocycles. The molecule has 0 aliphatic rings. The lowest BCUT2D eigenvalue weighted by atomic mass is 9.98. The van der Waals surface area contributed by atoms with Crippen LogP contribution in [-0.2, 0) is 13.6 Å². The van der Waals surface area contributed by atoms with Gasteiger partial charge in [0.15, 0.2) is 5.65 Å². The van der Waals surface area contributed by atoms with Gasteiger partial charge in [-0.3, -0.25) is 4.68 Å². The van der Waals surface area contributed by atoms with Gasteiger partial charge in [-0.05, 0) is 25.0 Å². The fraction of sp³-hybridized carbons (Fsp3) is 0.571. The highest BCUT2D eigenvalue weighted by Gasteiger charge is 2.25. The van der Waals surface area contributed by atoms with E-state index in [0.717, 1.165) is 22.3 Å². The number of aliphatic hydroxyl groups is 2. The minimum absolute atomic E-state index is 0.0956. The van der Waals surface area contributed by atoms with Crippen molar-refractivity contribution in [3.05, 3.63) is 23.5 Å². The fourth-order valence-corrected chi connectivity index (χ4v) is 2.25. The molecule has 0 radical (unpaired) electrons. The molecule has 2 rings (SSSR count). The van der Waals surface area contributed by atoms with Crippen molar-refractivity contribution in [1.82, 2.24) is 20.1 Å². The molecule has 0 bridgehead atoms. The average Bonchev–Trinajstić information content (AvgIpc) is 2.76. The van der Waals surface area contributed by atoms with E-state index in [1.54, 1.807) is 10.9 Å². The first-order chi connectivity index (χ1) is 9.55. The Bertz CT molecular complexity index is 582. The molecule has 3 N–H and O–H groups in total. The second-order valence-electron chi connectivity index (χ2n) is 5.23. The molecule has 0 aliphatic heterocycles. The molecule has 0 saturated heterocycles. The maximum absolute atomic E-state index is 9.42. The smallest absolute Gasteiger partial charge is 0.157 e. The van der Waals surface area contributed by atoms with Gasteiger partial charge in [-0.1, -0.05) is 6.92 Å². The molecule has 6 nitrogen and oxygen atoms in total. The van der Waals surface area contributed by atoms with Crippen LogP contribution in [0, 0.1) is 6.92 Å². The molecule has 0 atom stereocenters. The Kier molecular flexibility index (Phi) is 4.37. The minimum atomic E-state index is -0.640. The second kappa shape index (κ2) is 5.87. The minimum Gasteiger partial charge on any atom is -0.394 e. The number of aromatic nitrogens is 3. The van der Waals surface area contributed by atoms with Crippen molar-refractivity contribution >= 4 is 11.0 Å². The first-order valence-electron chi connectivity index (χ1n) is 6.80. The molecule has 20 heavy (non-hydrogen) atoms. The lowest BCUT2D eigenvalue weighted by Gasteiger charge is -2.29.